The van der Waals surface area contributed by atoms with Crippen LogP contribution in [0.4, 0.5) is 5.69 Å². The number of nitrogens with zero attached hydrogens (tertiary/aromatic N) is 5. The summed E-state index contributed by atoms with van der Waals surface area (Å²) in [6.45, 7) is 3.85. The zero-order chi connectivity index (χ0) is 17.1. The minimum Gasteiger partial charge on any atom is -0.325 e. The number of anilines is 1. The average Bonchev–Trinajstić information content (AvgIpc) is 2.96. The number of fused-ring (bicyclic) bond motifs is 1. The summed E-state index contributed by atoms with van der Waals surface area (Å²) in [6.07, 6.45) is 0. The van der Waals surface area contributed by atoms with E-state index in [9.17, 15) is 4.79 Å². The monoisotopic (exact) mass is 338 g/mol. The van der Waals surface area contributed by atoms with Gasteiger partial charge in [-0.3, -0.25) is 9.20 Å². The zero-order valence-electron chi connectivity index (χ0n) is 13.1. The van der Waals surface area contributed by atoms with E-state index < -0.39 is 0 Å². The third-order valence-electron chi connectivity index (χ3n) is 3.27. The van der Waals surface area contributed by atoms with Gasteiger partial charge in [0.2, 0.25) is 5.91 Å². The molecule has 1 aromatic carbocycles. The molecular weight excluding hydrogens is 324 g/mol. The van der Waals surface area contributed by atoms with Crippen molar-refractivity contribution < 1.29 is 4.79 Å². The van der Waals surface area contributed by atoms with Crippen LogP contribution >= 0.6 is 11.8 Å². The highest BCUT2D eigenvalue weighted by molar-refractivity contribution is 7.99. The second kappa shape index (κ2) is 6.68. The Kier molecular flexibility index (Phi) is 4.44. The van der Waals surface area contributed by atoms with Crippen LogP contribution in [0.2, 0.25) is 0 Å². The Balaban J connectivity index is 1.69. The molecule has 1 N–H and O–H groups in total. The van der Waals surface area contributed by atoms with Crippen LogP contribution < -0.4 is 5.32 Å². The number of nitriles is 1. The van der Waals surface area contributed by atoms with Crippen molar-refractivity contribution in [1.29, 1.82) is 5.26 Å². The van der Waals surface area contributed by atoms with Crippen molar-refractivity contribution in [3.05, 3.63) is 47.3 Å². The number of carbonyl (C=O) groups is 1. The van der Waals surface area contributed by atoms with Crippen LogP contribution in [0.25, 0.3) is 5.78 Å². The molecule has 1 amide bonds. The van der Waals surface area contributed by atoms with Crippen molar-refractivity contribution >= 4 is 29.1 Å². The van der Waals surface area contributed by atoms with E-state index >= 15 is 0 Å². The van der Waals surface area contributed by atoms with Crippen molar-refractivity contribution in [2.75, 3.05) is 11.1 Å². The van der Waals surface area contributed by atoms with E-state index in [1.54, 1.807) is 24.3 Å². The first-order chi connectivity index (χ1) is 11.6. The number of thioether (sulfide) groups is 1. The molecule has 0 saturated heterocycles. The molecule has 0 aliphatic carbocycles. The molecule has 0 saturated carbocycles. The molecule has 2 heterocycles. The van der Waals surface area contributed by atoms with Crippen LogP contribution in [0.1, 0.15) is 17.0 Å². The predicted octanol–water partition coefficient (Wildman–Crippen LogP) is 2.34. The first-order valence-electron chi connectivity index (χ1n) is 7.19. The Bertz CT molecular complexity index is 959. The minimum atomic E-state index is -0.176. The Morgan fingerprint density at radius 3 is 2.96 bits per heavy atom. The van der Waals surface area contributed by atoms with E-state index in [0.717, 1.165) is 11.4 Å². The lowest BCUT2D eigenvalue weighted by Crippen LogP contribution is -2.14. The van der Waals surface area contributed by atoms with Gasteiger partial charge < -0.3 is 5.32 Å². The third kappa shape index (κ3) is 3.36. The summed E-state index contributed by atoms with van der Waals surface area (Å²) in [5.74, 6) is 0.534. The molecule has 2 aromatic heterocycles. The van der Waals surface area contributed by atoms with E-state index in [4.69, 9.17) is 5.26 Å². The predicted molar refractivity (Wildman–Crippen MR) is 90.8 cm³/mol. The molecule has 120 valence electrons. The van der Waals surface area contributed by atoms with E-state index in [1.807, 2.05) is 30.4 Å². The molecule has 3 rings (SSSR count). The second-order valence-corrected chi connectivity index (χ2v) is 6.13. The van der Waals surface area contributed by atoms with E-state index in [-0.39, 0.29) is 11.7 Å². The maximum Gasteiger partial charge on any atom is 0.256 e. The number of amides is 1. The number of nitrogens with one attached hydrogen (secondary N) is 1. The van der Waals surface area contributed by atoms with Crippen molar-refractivity contribution in [2.24, 2.45) is 0 Å². The van der Waals surface area contributed by atoms with Crippen molar-refractivity contribution in [3.63, 3.8) is 0 Å². The molecule has 0 bridgehead atoms. The van der Waals surface area contributed by atoms with Gasteiger partial charge in [-0.05, 0) is 38.1 Å². The topological polar surface area (TPSA) is 96.0 Å². The summed E-state index contributed by atoms with van der Waals surface area (Å²) in [5.41, 5.74) is 2.94. The molecular formula is C16H14N6OS. The van der Waals surface area contributed by atoms with Gasteiger partial charge in [0, 0.05) is 17.1 Å². The number of rotatable bonds is 4. The third-order valence-corrected chi connectivity index (χ3v) is 4.20. The van der Waals surface area contributed by atoms with Gasteiger partial charge in [0.05, 0.1) is 17.4 Å². The lowest BCUT2D eigenvalue weighted by Gasteiger charge is -2.06. The highest BCUT2D eigenvalue weighted by Gasteiger charge is 2.12. The molecule has 0 unspecified atom stereocenters. The van der Waals surface area contributed by atoms with Gasteiger partial charge in [-0.25, -0.2) is 4.98 Å². The number of aryl methyl sites for hydroxylation is 2. The standard InChI is InChI=1S/C16H14N6OS/c1-10-6-11(2)22-15(18-10)20-21-16(22)24-9-14(23)19-13-5-3-4-12(7-13)8-17/h3-7H,9H2,1-2H3,(H,19,23). The van der Waals surface area contributed by atoms with Gasteiger partial charge in [0.25, 0.3) is 5.78 Å². The lowest BCUT2D eigenvalue weighted by molar-refractivity contribution is -0.113. The maximum atomic E-state index is 12.1. The van der Waals surface area contributed by atoms with Gasteiger partial charge in [0.1, 0.15) is 0 Å². The molecule has 0 atom stereocenters. The molecule has 0 spiro atoms. The summed E-state index contributed by atoms with van der Waals surface area (Å²) in [5, 5.41) is 20.4. The number of carbonyl (C=O) groups excluding carboxylic acids is 1. The minimum absolute atomic E-state index is 0.176. The number of aromatic nitrogens is 4. The van der Waals surface area contributed by atoms with Crippen LogP contribution in [0.15, 0.2) is 35.5 Å². The summed E-state index contributed by atoms with van der Waals surface area (Å²) in [7, 11) is 0. The Morgan fingerprint density at radius 2 is 2.17 bits per heavy atom. The lowest BCUT2D eigenvalue weighted by atomic mass is 10.2. The number of benzene rings is 1. The largest absolute Gasteiger partial charge is 0.325 e. The first kappa shape index (κ1) is 16.0. The van der Waals surface area contributed by atoms with Crippen LogP contribution in [-0.4, -0.2) is 31.2 Å². The Hall–Kier alpha value is -2.92. The first-order valence-corrected chi connectivity index (χ1v) is 8.17. The van der Waals surface area contributed by atoms with Crippen LogP contribution in [-0.2, 0) is 4.79 Å². The van der Waals surface area contributed by atoms with Gasteiger partial charge in [0.15, 0.2) is 5.16 Å². The van der Waals surface area contributed by atoms with Gasteiger partial charge in [-0.1, -0.05) is 17.8 Å². The molecule has 7 nitrogen and oxygen atoms in total. The molecule has 0 radical (unpaired) electrons. The van der Waals surface area contributed by atoms with E-state index in [1.165, 1.54) is 11.8 Å². The smallest absolute Gasteiger partial charge is 0.256 e. The van der Waals surface area contributed by atoms with Gasteiger partial charge in [-0.15, -0.1) is 10.2 Å². The molecule has 3 aromatic rings. The zero-order valence-corrected chi connectivity index (χ0v) is 14.0. The van der Waals surface area contributed by atoms with E-state index in [0.29, 0.717) is 22.2 Å². The fourth-order valence-corrected chi connectivity index (χ4v) is 3.07. The maximum absolute atomic E-state index is 12.1. The highest BCUT2D eigenvalue weighted by atomic mass is 32.2. The number of hydrogen-bond donors (Lipinski definition) is 1. The van der Waals surface area contributed by atoms with Crippen LogP contribution in [0.3, 0.4) is 0 Å². The summed E-state index contributed by atoms with van der Waals surface area (Å²) >= 11 is 1.29. The fourth-order valence-electron chi connectivity index (χ4n) is 2.29. The highest BCUT2D eigenvalue weighted by Crippen LogP contribution is 2.19. The fraction of sp³-hybridized carbons (Fsp3) is 0.188. The molecule has 24 heavy (non-hydrogen) atoms. The molecule has 0 aliphatic rings. The van der Waals surface area contributed by atoms with Gasteiger partial charge in [-0.2, -0.15) is 5.26 Å². The summed E-state index contributed by atoms with van der Waals surface area (Å²) in [4.78, 5) is 16.4. The van der Waals surface area contributed by atoms with Crippen molar-refractivity contribution in [3.8, 4) is 6.07 Å². The quantitative estimate of drug-likeness (QED) is 0.734. The molecule has 8 heteroatoms. The summed E-state index contributed by atoms with van der Waals surface area (Å²) < 4.78 is 1.82. The number of hydrogen-bond acceptors (Lipinski definition) is 6. The normalized spacial score (nSPS) is 10.5. The van der Waals surface area contributed by atoms with E-state index in [2.05, 4.69) is 20.5 Å². The second-order valence-electron chi connectivity index (χ2n) is 5.19. The van der Waals surface area contributed by atoms with Crippen molar-refractivity contribution in [2.45, 2.75) is 19.0 Å². The molecule has 0 fully saturated rings. The molecule has 0 aliphatic heterocycles. The SMILES string of the molecule is Cc1cc(C)n2c(SCC(=O)Nc3cccc(C#N)c3)nnc2n1. The Labute approximate surface area is 142 Å². The van der Waals surface area contributed by atoms with Crippen molar-refractivity contribution in [1.82, 2.24) is 19.6 Å². The average molecular weight is 338 g/mol. The van der Waals surface area contributed by atoms with Gasteiger partial charge >= 0.3 is 0 Å². The Morgan fingerprint density at radius 1 is 1.33 bits per heavy atom. The van der Waals surface area contributed by atoms with Crippen LogP contribution in [0, 0.1) is 25.2 Å². The van der Waals surface area contributed by atoms with Crippen LogP contribution in [0.5, 0.6) is 0 Å². The summed E-state index contributed by atoms with van der Waals surface area (Å²) in [6, 6.07) is 10.8.